The van der Waals surface area contributed by atoms with Crippen molar-refractivity contribution in [3.05, 3.63) is 0 Å². The Morgan fingerprint density at radius 2 is 1.93 bits per heavy atom. The van der Waals surface area contributed by atoms with E-state index in [4.69, 9.17) is 0 Å². The predicted molar refractivity (Wildman–Crippen MR) is 44.7 cm³/mol. The van der Waals surface area contributed by atoms with Crippen LogP contribution >= 0.6 is 0 Å². The fraction of sp³-hybridized carbons (Fsp3) is 0.875. The largest absolute Gasteiger partial charge is 0.401 e. The summed E-state index contributed by atoms with van der Waals surface area (Å²) in [7, 11) is 0. The van der Waals surface area contributed by atoms with Crippen LogP contribution in [0, 0.1) is 0 Å². The molecule has 1 saturated heterocycles. The second-order valence-electron chi connectivity index (χ2n) is 3.45. The molecule has 1 amide bonds. The SMILES string of the molecule is O=CNC1CCN(CC(F)(F)F)CC1. The number of amides is 1. The lowest BCUT2D eigenvalue weighted by Gasteiger charge is -2.31. The van der Waals surface area contributed by atoms with E-state index in [0.717, 1.165) is 0 Å². The van der Waals surface area contributed by atoms with Crippen molar-refractivity contribution in [2.45, 2.75) is 25.1 Å². The molecule has 1 rings (SSSR count). The zero-order valence-electron chi connectivity index (χ0n) is 7.68. The zero-order valence-corrected chi connectivity index (χ0v) is 7.68. The number of alkyl halides is 3. The van der Waals surface area contributed by atoms with Crippen molar-refractivity contribution in [2.24, 2.45) is 0 Å². The van der Waals surface area contributed by atoms with Gasteiger partial charge in [0.05, 0.1) is 6.54 Å². The van der Waals surface area contributed by atoms with Gasteiger partial charge in [-0.3, -0.25) is 9.69 Å². The molecule has 1 heterocycles. The summed E-state index contributed by atoms with van der Waals surface area (Å²) in [5, 5.41) is 2.58. The number of carbonyl (C=O) groups excluding carboxylic acids is 1. The smallest absolute Gasteiger partial charge is 0.356 e. The lowest BCUT2D eigenvalue weighted by atomic mass is 10.1. The van der Waals surface area contributed by atoms with Crippen molar-refractivity contribution in [1.29, 1.82) is 0 Å². The third-order valence-electron chi connectivity index (χ3n) is 2.29. The maximum absolute atomic E-state index is 12.0. The van der Waals surface area contributed by atoms with Crippen LogP contribution in [0.4, 0.5) is 13.2 Å². The van der Waals surface area contributed by atoms with E-state index in [-0.39, 0.29) is 6.04 Å². The van der Waals surface area contributed by atoms with Crippen LogP contribution in [0.1, 0.15) is 12.8 Å². The van der Waals surface area contributed by atoms with Crippen molar-refractivity contribution in [2.75, 3.05) is 19.6 Å². The third-order valence-corrected chi connectivity index (χ3v) is 2.29. The Bertz CT molecular complexity index is 188. The van der Waals surface area contributed by atoms with Crippen LogP contribution in [-0.2, 0) is 4.79 Å². The van der Waals surface area contributed by atoms with Gasteiger partial charge in [0.15, 0.2) is 0 Å². The van der Waals surface area contributed by atoms with Gasteiger partial charge in [0, 0.05) is 19.1 Å². The highest BCUT2D eigenvalue weighted by molar-refractivity contribution is 5.46. The van der Waals surface area contributed by atoms with Crippen molar-refractivity contribution >= 4 is 6.41 Å². The summed E-state index contributed by atoms with van der Waals surface area (Å²) in [6.45, 7) is -0.0587. The molecule has 1 N–H and O–H groups in total. The molecule has 0 saturated carbocycles. The second-order valence-corrected chi connectivity index (χ2v) is 3.45. The summed E-state index contributed by atoms with van der Waals surface area (Å²) in [4.78, 5) is 11.4. The van der Waals surface area contributed by atoms with Gasteiger partial charge in [-0.25, -0.2) is 0 Å². The Kier molecular flexibility index (Phi) is 3.74. The van der Waals surface area contributed by atoms with E-state index in [9.17, 15) is 18.0 Å². The summed E-state index contributed by atoms with van der Waals surface area (Å²) in [5.74, 6) is 0. The summed E-state index contributed by atoms with van der Waals surface area (Å²) in [6.07, 6.45) is -2.33. The van der Waals surface area contributed by atoms with E-state index in [0.29, 0.717) is 32.3 Å². The molecular weight excluding hydrogens is 197 g/mol. The van der Waals surface area contributed by atoms with Crippen LogP contribution < -0.4 is 5.32 Å². The maximum atomic E-state index is 12.0. The molecule has 1 aliphatic heterocycles. The molecule has 0 bridgehead atoms. The van der Waals surface area contributed by atoms with Gasteiger partial charge >= 0.3 is 6.18 Å². The number of likely N-dealkylation sites (tertiary alicyclic amines) is 1. The fourth-order valence-corrected chi connectivity index (χ4v) is 1.61. The third kappa shape index (κ3) is 3.95. The molecule has 0 aliphatic carbocycles. The van der Waals surface area contributed by atoms with E-state index in [1.165, 1.54) is 4.90 Å². The van der Waals surface area contributed by atoms with Crippen LogP contribution in [-0.4, -0.2) is 43.2 Å². The first kappa shape index (κ1) is 11.3. The molecule has 0 radical (unpaired) electrons. The molecule has 0 aromatic heterocycles. The summed E-state index contributed by atoms with van der Waals surface area (Å²) in [5.41, 5.74) is 0. The maximum Gasteiger partial charge on any atom is 0.401 e. The number of nitrogens with zero attached hydrogens (tertiary/aromatic N) is 1. The van der Waals surface area contributed by atoms with E-state index < -0.39 is 12.7 Å². The van der Waals surface area contributed by atoms with Crippen molar-refractivity contribution in [1.82, 2.24) is 10.2 Å². The van der Waals surface area contributed by atoms with Gasteiger partial charge < -0.3 is 5.32 Å². The molecule has 1 fully saturated rings. The van der Waals surface area contributed by atoms with Crippen LogP contribution in [0.5, 0.6) is 0 Å². The highest BCUT2D eigenvalue weighted by atomic mass is 19.4. The molecule has 0 atom stereocenters. The number of hydrogen-bond donors (Lipinski definition) is 1. The van der Waals surface area contributed by atoms with Gasteiger partial charge in [-0.05, 0) is 12.8 Å². The van der Waals surface area contributed by atoms with Crippen molar-refractivity contribution in [3.8, 4) is 0 Å². The lowest BCUT2D eigenvalue weighted by molar-refractivity contribution is -0.148. The minimum atomic E-state index is -4.12. The Balaban J connectivity index is 2.25. The number of hydrogen-bond acceptors (Lipinski definition) is 2. The Morgan fingerprint density at radius 1 is 1.36 bits per heavy atom. The molecule has 0 aromatic rings. The molecule has 0 spiro atoms. The molecule has 0 unspecified atom stereocenters. The minimum Gasteiger partial charge on any atom is -0.356 e. The first-order valence-corrected chi connectivity index (χ1v) is 4.50. The highest BCUT2D eigenvalue weighted by Gasteiger charge is 2.32. The predicted octanol–water partition coefficient (Wildman–Crippen LogP) is 0.759. The van der Waals surface area contributed by atoms with Crippen LogP contribution in [0.25, 0.3) is 0 Å². The Hall–Kier alpha value is -0.780. The molecule has 82 valence electrons. The lowest BCUT2D eigenvalue weighted by Crippen LogP contribution is -2.45. The normalized spacial score (nSPS) is 20.8. The summed E-state index contributed by atoms with van der Waals surface area (Å²) in [6, 6.07) is 0.0389. The van der Waals surface area contributed by atoms with E-state index in [1.807, 2.05) is 0 Å². The first-order chi connectivity index (χ1) is 6.51. The summed E-state index contributed by atoms with van der Waals surface area (Å²) >= 11 is 0. The average molecular weight is 210 g/mol. The highest BCUT2D eigenvalue weighted by Crippen LogP contribution is 2.19. The molecule has 6 heteroatoms. The van der Waals surface area contributed by atoms with Gasteiger partial charge in [-0.2, -0.15) is 13.2 Å². The second kappa shape index (κ2) is 4.63. The number of rotatable bonds is 3. The quantitative estimate of drug-likeness (QED) is 0.697. The van der Waals surface area contributed by atoms with E-state index in [2.05, 4.69) is 5.32 Å². The molecular formula is C8H13F3N2O. The van der Waals surface area contributed by atoms with E-state index >= 15 is 0 Å². The van der Waals surface area contributed by atoms with Crippen molar-refractivity contribution < 1.29 is 18.0 Å². The Labute approximate surface area is 80.3 Å². The van der Waals surface area contributed by atoms with E-state index in [1.54, 1.807) is 0 Å². The first-order valence-electron chi connectivity index (χ1n) is 4.50. The van der Waals surface area contributed by atoms with Crippen LogP contribution in [0.3, 0.4) is 0 Å². The topological polar surface area (TPSA) is 32.3 Å². The number of piperidine rings is 1. The zero-order chi connectivity index (χ0) is 10.6. The minimum absolute atomic E-state index is 0.0389. The molecule has 1 aliphatic rings. The summed E-state index contributed by atoms with van der Waals surface area (Å²) < 4.78 is 35.9. The van der Waals surface area contributed by atoms with Crippen LogP contribution in [0.2, 0.25) is 0 Å². The Morgan fingerprint density at radius 3 is 2.36 bits per heavy atom. The van der Waals surface area contributed by atoms with Crippen molar-refractivity contribution in [3.63, 3.8) is 0 Å². The number of carbonyl (C=O) groups is 1. The monoisotopic (exact) mass is 210 g/mol. The van der Waals surface area contributed by atoms with Gasteiger partial charge in [0.1, 0.15) is 0 Å². The van der Waals surface area contributed by atoms with Gasteiger partial charge in [0.25, 0.3) is 0 Å². The van der Waals surface area contributed by atoms with Gasteiger partial charge in [0.2, 0.25) is 6.41 Å². The van der Waals surface area contributed by atoms with Crippen LogP contribution in [0.15, 0.2) is 0 Å². The van der Waals surface area contributed by atoms with Gasteiger partial charge in [-0.1, -0.05) is 0 Å². The molecule has 3 nitrogen and oxygen atoms in total. The molecule has 14 heavy (non-hydrogen) atoms. The number of nitrogens with one attached hydrogen (secondary N) is 1. The average Bonchev–Trinajstić information content (AvgIpc) is 2.06. The van der Waals surface area contributed by atoms with Gasteiger partial charge in [-0.15, -0.1) is 0 Å². The fourth-order valence-electron chi connectivity index (χ4n) is 1.61. The number of halogens is 3. The standard InChI is InChI=1S/C8H13F3N2O/c9-8(10,11)5-13-3-1-7(2-4-13)12-6-14/h6-7H,1-5H2,(H,12,14). The molecule has 0 aromatic carbocycles.